The molecule has 5 heteroatoms. The molecule has 0 aromatic heterocycles. The van der Waals surface area contributed by atoms with Crippen LogP contribution >= 0.6 is 0 Å². The fourth-order valence-corrected chi connectivity index (χ4v) is 11.4. The second-order valence-electron chi connectivity index (χ2n) is 17.9. The van der Waals surface area contributed by atoms with Gasteiger partial charge >= 0.3 is 0 Å². The molecule has 3 fully saturated rings. The van der Waals surface area contributed by atoms with Crippen LogP contribution in [0.2, 0.25) is 36.3 Å². The summed E-state index contributed by atoms with van der Waals surface area (Å²) in [4.78, 5) is 0. The Kier molecular flexibility index (Phi) is 9.60. The summed E-state index contributed by atoms with van der Waals surface area (Å²) in [7, 11) is -3.89. The van der Waals surface area contributed by atoms with Crippen LogP contribution in [0.15, 0.2) is 36.0 Å². The number of fused-ring (bicyclic) bond motifs is 5. The molecule has 8 atom stereocenters. The SMILES string of the molecule is C=CCCO[C@@H](C)[C@H]1CC[C@H]2C3=CC=C4C[C@@H](O[Si](C)(C)C(C)(C)C)C[C@H](O[Si](C)(C)C(C)(C)C)[C@]4(C)[C@H]3CC[C@]12C. The van der Waals surface area contributed by atoms with E-state index < -0.39 is 16.6 Å². The lowest BCUT2D eigenvalue weighted by Gasteiger charge is -2.59. The third kappa shape index (κ3) is 6.05. The molecule has 0 radical (unpaired) electrons. The van der Waals surface area contributed by atoms with Crippen LogP contribution in [0.5, 0.6) is 0 Å². The molecule has 42 heavy (non-hydrogen) atoms. The van der Waals surface area contributed by atoms with E-state index in [9.17, 15) is 0 Å². The Balaban J connectivity index is 1.68. The Labute approximate surface area is 262 Å². The summed E-state index contributed by atoms with van der Waals surface area (Å²) in [6, 6.07) is 0. The maximum absolute atomic E-state index is 7.52. The Morgan fingerprint density at radius 1 is 0.929 bits per heavy atom. The fraction of sp³-hybridized carbons (Fsp3) is 0.838. The maximum Gasteiger partial charge on any atom is 0.192 e. The minimum absolute atomic E-state index is 0.0401. The first-order chi connectivity index (χ1) is 19.2. The van der Waals surface area contributed by atoms with Crippen LogP contribution in [-0.2, 0) is 13.6 Å². The Bertz CT molecular complexity index is 1060. The predicted octanol–water partition coefficient (Wildman–Crippen LogP) is 10.9. The minimum atomic E-state index is -1.99. The standard InChI is InChI=1S/C37H66O3Si2/c1-15-16-23-38-26(2)30-19-20-31-29-18-17-27-24-28(39-41(11,12)34(3,4)5)25-33(40-42(13,14)35(6,7)8)37(27,10)32(29)21-22-36(30,31)9/h15,17-18,26,28,30-33H,1,16,19-25H2,2-14H3/t26-,28+,30+,31-,32-,33-,36+,37-/m0/s1. The van der Waals surface area contributed by atoms with Gasteiger partial charge in [-0.25, -0.2) is 0 Å². The van der Waals surface area contributed by atoms with Crippen LogP contribution in [-0.4, -0.2) is 41.6 Å². The summed E-state index contributed by atoms with van der Waals surface area (Å²) in [5, 5.41) is 0.385. The third-order valence-electron chi connectivity index (χ3n) is 13.5. The Hall–Kier alpha value is -0.466. The highest BCUT2D eigenvalue weighted by molar-refractivity contribution is 6.74. The number of hydrogen-bond donors (Lipinski definition) is 0. The van der Waals surface area contributed by atoms with Crippen LogP contribution in [0.4, 0.5) is 0 Å². The Morgan fingerprint density at radius 2 is 1.55 bits per heavy atom. The predicted molar refractivity (Wildman–Crippen MR) is 185 cm³/mol. The van der Waals surface area contributed by atoms with E-state index in [1.54, 1.807) is 11.1 Å². The maximum atomic E-state index is 7.52. The summed E-state index contributed by atoms with van der Waals surface area (Å²) in [5.74, 6) is 1.84. The van der Waals surface area contributed by atoms with Crippen molar-refractivity contribution in [2.75, 3.05) is 6.61 Å². The molecule has 0 heterocycles. The molecule has 0 N–H and O–H groups in total. The molecule has 0 unspecified atom stereocenters. The number of allylic oxidation sites excluding steroid dienone is 3. The normalized spacial score (nSPS) is 36.4. The van der Waals surface area contributed by atoms with Gasteiger partial charge in [0.25, 0.3) is 0 Å². The second-order valence-corrected chi connectivity index (χ2v) is 27.4. The largest absolute Gasteiger partial charge is 0.414 e. The summed E-state index contributed by atoms with van der Waals surface area (Å²) in [6.45, 7) is 36.2. The van der Waals surface area contributed by atoms with Crippen molar-refractivity contribution in [2.24, 2.45) is 28.6 Å². The zero-order chi connectivity index (χ0) is 31.5. The first-order valence-electron chi connectivity index (χ1n) is 17.2. The lowest BCUT2D eigenvalue weighted by Crippen LogP contribution is -2.58. The van der Waals surface area contributed by atoms with Crippen molar-refractivity contribution in [2.45, 2.75) is 162 Å². The van der Waals surface area contributed by atoms with E-state index in [2.05, 4.69) is 107 Å². The monoisotopic (exact) mass is 614 g/mol. The Morgan fingerprint density at radius 3 is 2.14 bits per heavy atom. The number of hydrogen-bond acceptors (Lipinski definition) is 3. The molecule has 4 aliphatic carbocycles. The van der Waals surface area contributed by atoms with E-state index in [0.29, 0.717) is 29.3 Å². The molecule has 0 aromatic carbocycles. The molecule has 240 valence electrons. The van der Waals surface area contributed by atoms with E-state index in [-0.39, 0.29) is 27.7 Å². The van der Waals surface area contributed by atoms with Gasteiger partial charge in [0.2, 0.25) is 0 Å². The lowest BCUT2D eigenvalue weighted by molar-refractivity contribution is -0.0576. The summed E-state index contributed by atoms with van der Waals surface area (Å²) in [5.41, 5.74) is 3.67. The summed E-state index contributed by atoms with van der Waals surface area (Å²) < 4.78 is 21.1. The molecule has 4 rings (SSSR count). The number of rotatable bonds is 9. The number of ether oxygens (including phenoxy) is 1. The van der Waals surface area contributed by atoms with Gasteiger partial charge in [-0.05, 0) is 111 Å². The van der Waals surface area contributed by atoms with Gasteiger partial charge in [0, 0.05) is 5.41 Å². The topological polar surface area (TPSA) is 27.7 Å². The van der Waals surface area contributed by atoms with Crippen molar-refractivity contribution in [3.63, 3.8) is 0 Å². The van der Waals surface area contributed by atoms with Crippen LogP contribution in [0, 0.1) is 28.6 Å². The first-order valence-corrected chi connectivity index (χ1v) is 23.0. The van der Waals surface area contributed by atoms with Gasteiger partial charge in [-0.15, -0.1) is 6.58 Å². The van der Waals surface area contributed by atoms with Gasteiger partial charge < -0.3 is 13.6 Å². The van der Waals surface area contributed by atoms with Crippen LogP contribution in [0.25, 0.3) is 0 Å². The average molecular weight is 615 g/mol. The molecule has 0 bridgehead atoms. The van der Waals surface area contributed by atoms with Gasteiger partial charge in [0.1, 0.15) is 0 Å². The second kappa shape index (κ2) is 11.7. The van der Waals surface area contributed by atoms with Gasteiger partial charge in [-0.2, -0.15) is 0 Å². The molecule has 0 saturated heterocycles. The molecule has 0 aromatic rings. The van der Waals surface area contributed by atoms with E-state index in [4.69, 9.17) is 13.6 Å². The highest BCUT2D eigenvalue weighted by Crippen LogP contribution is 2.66. The molecule has 0 aliphatic heterocycles. The van der Waals surface area contributed by atoms with Crippen molar-refractivity contribution in [3.8, 4) is 0 Å². The van der Waals surface area contributed by atoms with Crippen molar-refractivity contribution in [1.29, 1.82) is 0 Å². The quantitative estimate of drug-likeness (QED) is 0.147. The van der Waals surface area contributed by atoms with Crippen LogP contribution < -0.4 is 0 Å². The zero-order valence-corrected chi connectivity index (χ0v) is 31.8. The molecule has 3 nitrogen and oxygen atoms in total. The summed E-state index contributed by atoms with van der Waals surface area (Å²) >= 11 is 0. The molecule has 0 amide bonds. The average Bonchev–Trinajstić information content (AvgIpc) is 3.20. The molecule has 3 saturated carbocycles. The van der Waals surface area contributed by atoms with Crippen LogP contribution in [0.1, 0.15) is 107 Å². The van der Waals surface area contributed by atoms with E-state index >= 15 is 0 Å². The van der Waals surface area contributed by atoms with Crippen molar-refractivity contribution in [3.05, 3.63) is 36.0 Å². The molecular weight excluding hydrogens is 549 g/mol. The van der Waals surface area contributed by atoms with E-state index in [0.717, 1.165) is 25.9 Å². The first kappa shape index (κ1) is 34.4. The summed E-state index contributed by atoms with van der Waals surface area (Å²) in [6.07, 6.45) is 16.0. The van der Waals surface area contributed by atoms with Gasteiger partial charge in [-0.3, -0.25) is 0 Å². The van der Waals surface area contributed by atoms with Gasteiger partial charge in [0.05, 0.1) is 24.9 Å². The highest BCUT2D eigenvalue weighted by Gasteiger charge is 2.61. The van der Waals surface area contributed by atoms with Gasteiger partial charge in [0.15, 0.2) is 16.6 Å². The molecule has 4 aliphatic rings. The van der Waals surface area contributed by atoms with Gasteiger partial charge in [-0.1, -0.05) is 84.8 Å². The lowest BCUT2D eigenvalue weighted by atomic mass is 9.49. The highest BCUT2D eigenvalue weighted by atomic mass is 28.4. The van der Waals surface area contributed by atoms with Crippen molar-refractivity contribution >= 4 is 16.6 Å². The van der Waals surface area contributed by atoms with Crippen molar-refractivity contribution in [1.82, 2.24) is 0 Å². The van der Waals surface area contributed by atoms with Crippen molar-refractivity contribution < 1.29 is 13.6 Å². The van der Waals surface area contributed by atoms with E-state index in [1.807, 2.05) is 6.08 Å². The zero-order valence-electron chi connectivity index (χ0n) is 29.8. The minimum Gasteiger partial charge on any atom is -0.414 e. The molecular formula is C37H66O3Si2. The van der Waals surface area contributed by atoms with Crippen LogP contribution in [0.3, 0.4) is 0 Å². The third-order valence-corrected chi connectivity index (χ3v) is 22.5. The molecule has 0 spiro atoms. The fourth-order valence-electron chi connectivity index (χ4n) is 8.66. The van der Waals surface area contributed by atoms with E-state index in [1.165, 1.54) is 25.7 Å². The smallest absolute Gasteiger partial charge is 0.192 e.